The smallest absolute Gasteiger partial charge is 0.229 e. The molecule has 0 atom stereocenters. The highest BCUT2D eigenvalue weighted by atomic mass is 19.1. The van der Waals surface area contributed by atoms with Crippen LogP contribution in [0.25, 0.3) is 22.7 Å². The second-order valence-corrected chi connectivity index (χ2v) is 9.17. The van der Waals surface area contributed by atoms with Gasteiger partial charge in [0.05, 0.1) is 12.4 Å². The molecule has 11 heteroatoms. The Hall–Kier alpha value is -3.57. The number of nitrogens with zero attached hydrogens (tertiary/aromatic N) is 9. The molecule has 1 N–H and O–H groups in total. The van der Waals surface area contributed by atoms with E-state index in [1.165, 1.54) is 0 Å². The Morgan fingerprint density at radius 3 is 2.49 bits per heavy atom. The van der Waals surface area contributed by atoms with Gasteiger partial charge >= 0.3 is 0 Å². The van der Waals surface area contributed by atoms with Crippen LogP contribution < -0.4 is 5.32 Å². The first-order chi connectivity index (χ1) is 16.9. The van der Waals surface area contributed by atoms with Gasteiger partial charge in [-0.3, -0.25) is 4.90 Å². The molecule has 0 aliphatic carbocycles. The van der Waals surface area contributed by atoms with Crippen LogP contribution in [0.4, 0.5) is 16.2 Å². The third-order valence-electron chi connectivity index (χ3n) is 6.15. The number of rotatable bonds is 6. The van der Waals surface area contributed by atoms with Gasteiger partial charge in [-0.1, -0.05) is 6.07 Å². The summed E-state index contributed by atoms with van der Waals surface area (Å²) in [4.78, 5) is 31.0. The maximum Gasteiger partial charge on any atom is 0.229 e. The summed E-state index contributed by atoms with van der Waals surface area (Å²) in [5.41, 5.74) is 2.46. The molecule has 1 aliphatic rings. The SMILES string of the molecule is Cc1nc2cnc(-c3nc(Nc4ccc(CN5CCN(C)CC5)cn4)ncc3F)nc2n1C(C)C. The van der Waals surface area contributed by atoms with E-state index in [4.69, 9.17) is 0 Å². The summed E-state index contributed by atoms with van der Waals surface area (Å²) in [6, 6.07) is 4.06. The van der Waals surface area contributed by atoms with Crippen molar-refractivity contribution in [2.75, 3.05) is 38.5 Å². The molecule has 5 heterocycles. The lowest BCUT2D eigenvalue weighted by Gasteiger charge is -2.32. The number of pyridine rings is 1. The predicted octanol–water partition coefficient (Wildman–Crippen LogP) is 3.20. The molecule has 35 heavy (non-hydrogen) atoms. The molecular weight excluding hydrogens is 447 g/mol. The fourth-order valence-electron chi connectivity index (χ4n) is 4.29. The molecule has 182 valence electrons. The van der Waals surface area contributed by atoms with Crippen LogP contribution in [0.2, 0.25) is 0 Å². The van der Waals surface area contributed by atoms with E-state index in [9.17, 15) is 4.39 Å². The third kappa shape index (κ3) is 4.96. The van der Waals surface area contributed by atoms with Crippen molar-refractivity contribution in [1.29, 1.82) is 0 Å². The zero-order valence-electron chi connectivity index (χ0n) is 20.4. The monoisotopic (exact) mass is 476 g/mol. The van der Waals surface area contributed by atoms with E-state index in [1.807, 2.05) is 43.7 Å². The van der Waals surface area contributed by atoms with Crippen LogP contribution in [-0.4, -0.2) is 77.5 Å². The van der Waals surface area contributed by atoms with Crippen LogP contribution in [0.15, 0.2) is 30.7 Å². The maximum absolute atomic E-state index is 14.7. The number of aryl methyl sites for hydroxylation is 1. The number of aromatic nitrogens is 7. The number of imidazole rings is 1. The van der Waals surface area contributed by atoms with Gasteiger partial charge in [0.2, 0.25) is 5.95 Å². The van der Waals surface area contributed by atoms with Gasteiger partial charge in [0.25, 0.3) is 0 Å². The van der Waals surface area contributed by atoms with Gasteiger partial charge in [0, 0.05) is 45.0 Å². The van der Waals surface area contributed by atoms with Crippen molar-refractivity contribution in [1.82, 2.24) is 44.3 Å². The molecule has 0 radical (unpaired) electrons. The summed E-state index contributed by atoms with van der Waals surface area (Å²) in [5.74, 6) is 1.21. The normalized spacial score (nSPS) is 15.3. The average molecular weight is 477 g/mol. The number of likely N-dealkylation sites (N-methyl/N-ethyl adjacent to an activating group) is 1. The average Bonchev–Trinajstić information content (AvgIpc) is 3.18. The Balaban J connectivity index is 1.35. The number of piperazine rings is 1. The fraction of sp³-hybridized carbons (Fsp3) is 0.417. The van der Waals surface area contributed by atoms with Crippen molar-refractivity contribution in [2.24, 2.45) is 0 Å². The summed E-state index contributed by atoms with van der Waals surface area (Å²) < 4.78 is 16.7. The van der Waals surface area contributed by atoms with E-state index < -0.39 is 5.82 Å². The highest BCUT2D eigenvalue weighted by Gasteiger charge is 2.18. The van der Waals surface area contributed by atoms with Crippen molar-refractivity contribution >= 4 is 22.9 Å². The van der Waals surface area contributed by atoms with Gasteiger partial charge in [-0.25, -0.2) is 34.3 Å². The molecule has 0 unspecified atom stereocenters. The van der Waals surface area contributed by atoms with E-state index in [1.54, 1.807) is 6.20 Å². The molecule has 4 aromatic heterocycles. The standard InChI is InChI=1S/C24H29FN10/c1-15(2)35-16(3)29-19-13-27-22(32-23(19)35)21-18(25)12-28-24(31-21)30-20-6-5-17(11-26-20)14-34-9-7-33(4)8-10-34/h5-6,11-13,15H,7-10,14H2,1-4H3,(H,26,28,30,31). The van der Waals surface area contributed by atoms with Gasteiger partial charge in [0.1, 0.15) is 22.9 Å². The molecule has 4 aromatic rings. The van der Waals surface area contributed by atoms with E-state index in [-0.39, 0.29) is 23.5 Å². The van der Waals surface area contributed by atoms with Gasteiger partial charge in [-0.15, -0.1) is 0 Å². The molecule has 5 rings (SSSR count). The van der Waals surface area contributed by atoms with E-state index >= 15 is 0 Å². The van der Waals surface area contributed by atoms with Gasteiger partial charge in [-0.2, -0.15) is 0 Å². The Morgan fingerprint density at radius 2 is 1.77 bits per heavy atom. The summed E-state index contributed by atoms with van der Waals surface area (Å²) in [6.07, 6.45) is 4.56. The Bertz CT molecular complexity index is 1330. The number of nitrogens with one attached hydrogen (secondary N) is 1. The lowest BCUT2D eigenvalue weighted by Crippen LogP contribution is -2.43. The van der Waals surface area contributed by atoms with E-state index in [2.05, 4.69) is 52.1 Å². The minimum Gasteiger partial charge on any atom is -0.310 e. The third-order valence-corrected chi connectivity index (χ3v) is 6.15. The molecule has 0 spiro atoms. The van der Waals surface area contributed by atoms with E-state index in [0.717, 1.165) is 50.3 Å². The first kappa shape index (κ1) is 23.2. The molecule has 1 fully saturated rings. The number of halogens is 1. The summed E-state index contributed by atoms with van der Waals surface area (Å²) in [6.45, 7) is 11.1. The lowest BCUT2D eigenvalue weighted by molar-refractivity contribution is 0.148. The zero-order chi connectivity index (χ0) is 24.5. The zero-order valence-corrected chi connectivity index (χ0v) is 20.4. The van der Waals surface area contributed by atoms with Crippen LogP contribution >= 0.6 is 0 Å². The first-order valence-electron chi connectivity index (χ1n) is 11.7. The highest BCUT2D eigenvalue weighted by Crippen LogP contribution is 2.24. The van der Waals surface area contributed by atoms with Crippen molar-refractivity contribution in [3.63, 3.8) is 0 Å². The Kier molecular flexibility index (Phi) is 6.35. The van der Waals surface area contributed by atoms with Crippen LogP contribution in [-0.2, 0) is 6.54 Å². The van der Waals surface area contributed by atoms with Crippen molar-refractivity contribution < 1.29 is 4.39 Å². The fourth-order valence-corrected chi connectivity index (χ4v) is 4.29. The van der Waals surface area contributed by atoms with Gasteiger partial charge in [-0.05, 0) is 39.4 Å². The first-order valence-corrected chi connectivity index (χ1v) is 11.7. The highest BCUT2D eigenvalue weighted by molar-refractivity contribution is 5.73. The summed E-state index contributed by atoms with van der Waals surface area (Å²) >= 11 is 0. The van der Waals surface area contributed by atoms with Crippen LogP contribution in [0.1, 0.15) is 31.3 Å². The molecule has 10 nitrogen and oxygen atoms in total. The molecule has 0 bridgehead atoms. The minimum atomic E-state index is -0.599. The largest absolute Gasteiger partial charge is 0.310 e. The molecule has 1 saturated heterocycles. The van der Waals surface area contributed by atoms with E-state index in [0.29, 0.717) is 17.0 Å². The number of hydrogen-bond acceptors (Lipinski definition) is 9. The van der Waals surface area contributed by atoms with Crippen molar-refractivity contribution in [2.45, 2.75) is 33.4 Å². The quantitative estimate of drug-likeness (QED) is 0.450. The molecule has 0 aromatic carbocycles. The predicted molar refractivity (Wildman–Crippen MR) is 132 cm³/mol. The van der Waals surface area contributed by atoms with Gasteiger partial charge in [0.15, 0.2) is 17.3 Å². The second-order valence-electron chi connectivity index (χ2n) is 9.17. The number of anilines is 2. The number of hydrogen-bond donors (Lipinski definition) is 1. The lowest BCUT2D eigenvalue weighted by atomic mass is 10.2. The summed E-state index contributed by atoms with van der Waals surface area (Å²) in [5, 5.41) is 3.06. The minimum absolute atomic E-state index is 0.0187. The second kappa shape index (κ2) is 9.59. The molecule has 1 aliphatic heterocycles. The molecular formula is C24H29FN10. The van der Waals surface area contributed by atoms with Gasteiger partial charge < -0.3 is 14.8 Å². The van der Waals surface area contributed by atoms with Crippen LogP contribution in [0.3, 0.4) is 0 Å². The molecule has 0 amide bonds. The van der Waals surface area contributed by atoms with Crippen molar-refractivity contribution in [3.8, 4) is 11.5 Å². The Morgan fingerprint density at radius 1 is 0.971 bits per heavy atom. The topological polar surface area (TPSA) is 101 Å². The maximum atomic E-state index is 14.7. The van der Waals surface area contributed by atoms with Crippen LogP contribution in [0.5, 0.6) is 0 Å². The van der Waals surface area contributed by atoms with Crippen LogP contribution in [0, 0.1) is 12.7 Å². The Labute approximate surface area is 203 Å². The van der Waals surface area contributed by atoms with Crippen molar-refractivity contribution in [3.05, 3.63) is 47.9 Å². The summed E-state index contributed by atoms with van der Waals surface area (Å²) in [7, 11) is 2.15. The molecule has 0 saturated carbocycles. The number of fused-ring (bicyclic) bond motifs is 1.